The van der Waals surface area contributed by atoms with E-state index in [2.05, 4.69) is 418 Å². The van der Waals surface area contributed by atoms with Gasteiger partial charge >= 0.3 is 0 Å². The first-order valence-corrected chi connectivity index (χ1v) is 36.0. The van der Waals surface area contributed by atoms with Crippen LogP contribution >= 0.6 is 0 Å². The maximum atomic E-state index is 2.72. The fourth-order valence-electron chi connectivity index (χ4n) is 17.6. The van der Waals surface area contributed by atoms with Gasteiger partial charge in [0.15, 0.2) is 0 Å². The summed E-state index contributed by atoms with van der Waals surface area (Å²) in [6, 6.07) is 145. The van der Waals surface area contributed by atoms with Gasteiger partial charge in [-0.05, 0) is 199 Å². The summed E-state index contributed by atoms with van der Waals surface area (Å²) in [6.45, 7) is -0.451. The number of nitrogens with zero attached hydrogens (tertiary/aromatic N) is 6. The van der Waals surface area contributed by atoms with E-state index in [0.717, 1.165) is 113 Å². The number of hydrogen-bond acceptors (Lipinski definition) is 6. The Labute approximate surface area is 605 Å². The highest BCUT2D eigenvalue weighted by Gasteiger charge is 2.49. The third kappa shape index (κ3) is 9.25. The predicted octanol–water partition coefficient (Wildman–Crippen LogP) is 21.9. The summed E-state index contributed by atoms with van der Waals surface area (Å²) < 4.78 is 0. The Bertz CT molecular complexity index is 6090. The lowest BCUT2D eigenvalue weighted by Gasteiger charge is -2.48. The molecule has 0 aliphatic carbocycles. The number of benzene rings is 17. The minimum Gasteiger partial charge on any atom is -0.311 e. The first-order valence-electron chi connectivity index (χ1n) is 36.0. The molecule has 0 N–H and O–H groups in total. The number of para-hydroxylation sites is 9. The third-order valence-electron chi connectivity index (χ3n) is 21.8. The van der Waals surface area contributed by atoms with Crippen molar-refractivity contribution in [2.45, 2.75) is 0 Å². The quantitative estimate of drug-likeness (QED) is 0.0943. The van der Waals surface area contributed by atoms with Crippen molar-refractivity contribution in [3.8, 4) is 11.1 Å². The molecule has 0 bridgehead atoms. The molecule has 484 valence electrons. The largest absolute Gasteiger partial charge is 0.311 e. The average molecular weight is 1320 g/mol. The minimum atomic E-state index is -0.239. The molecule has 8 heteroatoms. The lowest BCUT2D eigenvalue weighted by atomic mass is 9.30. The van der Waals surface area contributed by atoms with Crippen LogP contribution in [0.3, 0.4) is 0 Å². The van der Waals surface area contributed by atoms with Gasteiger partial charge in [0, 0.05) is 96.1 Å². The summed E-state index contributed by atoms with van der Waals surface area (Å²) in [5.41, 5.74) is 29.5. The van der Waals surface area contributed by atoms with Gasteiger partial charge in [0.1, 0.15) is 0 Å². The molecule has 17 aromatic rings. The molecule has 0 aromatic heterocycles. The molecule has 0 fully saturated rings. The lowest BCUT2D eigenvalue weighted by molar-refractivity contribution is 1.22. The Morgan fingerprint density at radius 1 is 0.202 bits per heavy atom. The second kappa shape index (κ2) is 24.1. The fourth-order valence-corrected chi connectivity index (χ4v) is 17.6. The Kier molecular flexibility index (Phi) is 13.7. The molecule has 4 aliphatic rings. The molecular formula is C96H64B2N6. The van der Waals surface area contributed by atoms with E-state index in [9.17, 15) is 0 Å². The van der Waals surface area contributed by atoms with Crippen LogP contribution in [-0.4, -0.2) is 13.4 Å². The van der Waals surface area contributed by atoms with E-state index in [-0.39, 0.29) is 13.4 Å². The van der Waals surface area contributed by atoms with E-state index >= 15 is 0 Å². The first-order chi connectivity index (χ1) is 51.7. The standard InChI is InChI=1S/C96H64B2N6/c1-8-34-68(35-9-1)99(69-36-10-2-11-37-69)75-59-89-94-91(61-75)103(74-46-20-7-21-47-74)87-64-88-84(63-83(87)97(94)81-52-28-30-54-85(81)101(89)72-42-16-5-17-43-72)98-82-53-29-31-55-86(82)102(73-44-18-6-19-45-73)90-60-76(100(70-38-12-3-13-39-70)71-40-14-4-15-41-71)62-92(95(90)98)104(88)96-79-50-26-24-48-77(79)93(78-49-25-27-51-80(78)96)67-57-56-65-32-22-23-33-66(65)58-67/h1-64H. The van der Waals surface area contributed by atoms with Gasteiger partial charge < -0.3 is 29.4 Å². The van der Waals surface area contributed by atoms with Gasteiger partial charge in [0.25, 0.3) is 13.4 Å². The second-order valence-corrected chi connectivity index (χ2v) is 27.5. The normalized spacial score (nSPS) is 12.9. The molecule has 0 radical (unpaired) electrons. The molecule has 4 heterocycles. The van der Waals surface area contributed by atoms with Gasteiger partial charge in [0.05, 0.1) is 17.1 Å². The monoisotopic (exact) mass is 1320 g/mol. The van der Waals surface area contributed by atoms with Crippen molar-refractivity contribution in [3.63, 3.8) is 0 Å². The van der Waals surface area contributed by atoms with Crippen molar-refractivity contribution >= 4 is 181 Å². The highest BCUT2D eigenvalue weighted by molar-refractivity contribution is 7.03. The maximum absolute atomic E-state index is 2.72. The van der Waals surface area contributed by atoms with Crippen LogP contribution in [0.25, 0.3) is 43.4 Å². The summed E-state index contributed by atoms with van der Waals surface area (Å²) in [5, 5.41) is 7.09. The smallest absolute Gasteiger partial charge is 0.252 e. The number of rotatable bonds is 11. The summed E-state index contributed by atoms with van der Waals surface area (Å²) >= 11 is 0. The Morgan fingerprint density at radius 2 is 0.529 bits per heavy atom. The van der Waals surface area contributed by atoms with Gasteiger partial charge in [-0.2, -0.15) is 0 Å². The van der Waals surface area contributed by atoms with Crippen LogP contribution in [0.5, 0.6) is 0 Å². The Balaban J connectivity index is 0.927. The maximum Gasteiger partial charge on any atom is 0.252 e. The van der Waals surface area contributed by atoms with Crippen molar-refractivity contribution in [1.29, 1.82) is 0 Å². The van der Waals surface area contributed by atoms with E-state index in [4.69, 9.17) is 0 Å². The minimum absolute atomic E-state index is 0.211. The van der Waals surface area contributed by atoms with E-state index in [1.165, 1.54) is 65.4 Å². The van der Waals surface area contributed by atoms with Crippen molar-refractivity contribution in [1.82, 2.24) is 0 Å². The topological polar surface area (TPSA) is 19.4 Å². The molecular weight excluding hydrogens is 1260 g/mol. The van der Waals surface area contributed by atoms with Gasteiger partial charge in [-0.15, -0.1) is 0 Å². The zero-order chi connectivity index (χ0) is 68.3. The first kappa shape index (κ1) is 59.3. The molecule has 4 aliphatic heterocycles. The molecule has 17 aromatic carbocycles. The molecule has 21 rings (SSSR count). The fraction of sp³-hybridized carbons (Fsp3) is 0. The summed E-state index contributed by atoms with van der Waals surface area (Å²) in [4.78, 5) is 15.3. The SMILES string of the molecule is c1ccc(N(c2ccccc2)c2cc3c4c(c2)N(c2ccccc2)c2cc5c(cc2B4c2ccccc2N3c2ccccc2)B2c3ccccc3N(c3ccccc3)c3cc(N(c4ccccc4)c4ccccc4)cc(c32)N5c2c3ccccc3c(-c3ccc4ccccc4c3)c3ccccc23)cc1. The summed E-state index contributed by atoms with van der Waals surface area (Å²) in [7, 11) is 0. The molecule has 0 spiro atoms. The van der Waals surface area contributed by atoms with Crippen LogP contribution in [-0.2, 0) is 0 Å². The van der Waals surface area contributed by atoms with E-state index in [0.29, 0.717) is 0 Å². The van der Waals surface area contributed by atoms with Gasteiger partial charge in [0.2, 0.25) is 0 Å². The Morgan fingerprint density at radius 3 is 0.952 bits per heavy atom. The molecule has 104 heavy (non-hydrogen) atoms. The van der Waals surface area contributed by atoms with Crippen molar-refractivity contribution in [2.75, 3.05) is 29.4 Å². The van der Waals surface area contributed by atoms with Crippen molar-refractivity contribution in [2.24, 2.45) is 0 Å². The second-order valence-electron chi connectivity index (χ2n) is 27.5. The van der Waals surface area contributed by atoms with Gasteiger partial charge in [-0.1, -0.05) is 255 Å². The predicted molar refractivity (Wildman–Crippen MR) is 442 cm³/mol. The summed E-state index contributed by atoms with van der Waals surface area (Å²) in [6.07, 6.45) is 0. The molecule has 6 nitrogen and oxygen atoms in total. The Hall–Kier alpha value is -13.6. The molecule has 0 atom stereocenters. The molecule has 0 amide bonds. The van der Waals surface area contributed by atoms with Gasteiger partial charge in [-0.25, -0.2) is 0 Å². The van der Waals surface area contributed by atoms with Gasteiger partial charge in [-0.3, -0.25) is 0 Å². The molecule has 0 saturated heterocycles. The van der Waals surface area contributed by atoms with Crippen LogP contribution in [0.4, 0.5) is 102 Å². The average Bonchev–Trinajstić information content (AvgIpc) is 0.682. The molecule has 0 unspecified atom stereocenters. The molecule has 0 saturated carbocycles. The van der Waals surface area contributed by atoms with Crippen molar-refractivity contribution in [3.05, 3.63) is 388 Å². The van der Waals surface area contributed by atoms with Crippen LogP contribution in [0.2, 0.25) is 0 Å². The highest BCUT2D eigenvalue weighted by Crippen LogP contribution is 2.55. The number of anilines is 18. The third-order valence-corrected chi connectivity index (χ3v) is 21.8. The van der Waals surface area contributed by atoms with Crippen LogP contribution in [0.1, 0.15) is 0 Å². The van der Waals surface area contributed by atoms with Crippen LogP contribution in [0.15, 0.2) is 388 Å². The number of hydrogen-bond donors (Lipinski definition) is 0. The van der Waals surface area contributed by atoms with E-state index < -0.39 is 0 Å². The highest BCUT2D eigenvalue weighted by atomic mass is 15.2. The number of fused-ring (bicyclic) bond motifs is 11. The lowest BCUT2D eigenvalue weighted by Crippen LogP contribution is -2.65. The van der Waals surface area contributed by atoms with Crippen LogP contribution in [0, 0.1) is 0 Å². The zero-order valence-electron chi connectivity index (χ0n) is 56.8. The van der Waals surface area contributed by atoms with E-state index in [1.54, 1.807) is 0 Å². The summed E-state index contributed by atoms with van der Waals surface area (Å²) in [5.74, 6) is 0. The zero-order valence-corrected chi connectivity index (χ0v) is 56.8. The van der Waals surface area contributed by atoms with Crippen molar-refractivity contribution < 1.29 is 0 Å². The van der Waals surface area contributed by atoms with Crippen LogP contribution < -0.4 is 62.2 Å². The van der Waals surface area contributed by atoms with E-state index in [1.807, 2.05) is 0 Å².